The van der Waals surface area contributed by atoms with Gasteiger partial charge in [0.15, 0.2) is 0 Å². The standard InChI is InChI=1S/C18H29N5O2/c1-12(2)23-11-19-21-16(23)15-8-5-9-22(10-15)18(25)13(3)20-17(24)14-6-4-7-14/h11-15H,4-10H2,1-3H3,(H,20,24). The number of likely N-dealkylation sites (tertiary alicyclic amines) is 1. The average molecular weight is 347 g/mol. The minimum absolute atomic E-state index is 0.00739. The van der Waals surface area contributed by atoms with Crippen LogP contribution in [0.3, 0.4) is 0 Å². The molecule has 7 heteroatoms. The van der Waals surface area contributed by atoms with Crippen molar-refractivity contribution in [3.8, 4) is 0 Å². The molecule has 7 nitrogen and oxygen atoms in total. The lowest BCUT2D eigenvalue weighted by atomic mass is 9.84. The summed E-state index contributed by atoms with van der Waals surface area (Å²) in [4.78, 5) is 26.7. The van der Waals surface area contributed by atoms with Crippen LogP contribution in [-0.2, 0) is 9.59 Å². The first kappa shape index (κ1) is 17.9. The Morgan fingerprint density at radius 2 is 1.96 bits per heavy atom. The van der Waals surface area contributed by atoms with Crippen LogP contribution in [0.1, 0.15) is 70.7 Å². The van der Waals surface area contributed by atoms with Gasteiger partial charge in [0.1, 0.15) is 18.2 Å². The van der Waals surface area contributed by atoms with Gasteiger partial charge in [0, 0.05) is 31.0 Å². The zero-order valence-electron chi connectivity index (χ0n) is 15.4. The van der Waals surface area contributed by atoms with E-state index in [2.05, 4.69) is 33.9 Å². The van der Waals surface area contributed by atoms with Crippen LogP contribution in [-0.4, -0.2) is 50.6 Å². The lowest BCUT2D eigenvalue weighted by molar-refractivity contribution is -0.138. The Hall–Kier alpha value is -1.92. The van der Waals surface area contributed by atoms with E-state index in [9.17, 15) is 9.59 Å². The number of aromatic nitrogens is 3. The van der Waals surface area contributed by atoms with Gasteiger partial charge in [0.2, 0.25) is 11.8 Å². The molecule has 138 valence electrons. The molecule has 0 bridgehead atoms. The van der Waals surface area contributed by atoms with E-state index in [1.807, 2.05) is 4.90 Å². The van der Waals surface area contributed by atoms with Crippen LogP contribution in [0.15, 0.2) is 6.33 Å². The second-order valence-corrected chi connectivity index (χ2v) is 7.67. The summed E-state index contributed by atoms with van der Waals surface area (Å²) in [7, 11) is 0. The number of rotatable bonds is 5. The van der Waals surface area contributed by atoms with Crippen LogP contribution in [0.25, 0.3) is 0 Å². The molecule has 0 aromatic carbocycles. The number of nitrogens with zero attached hydrogens (tertiary/aromatic N) is 4. The number of hydrogen-bond acceptors (Lipinski definition) is 4. The minimum atomic E-state index is -0.463. The van der Waals surface area contributed by atoms with Crippen molar-refractivity contribution in [1.29, 1.82) is 0 Å². The van der Waals surface area contributed by atoms with Gasteiger partial charge in [-0.25, -0.2) is 0 Å². The zero-order valence-corrected chi connectivity index (χ0v) is 15.4. The van der Waals surface area contributed by atoms with Crippen molar-refractivity contribution in [1.82, 2.24) is 25.0 Å². The number of carbonyl (C=O) groups is 2. The van der Waals surface area contributed by atoms with Gasteiger partial charge in [-0.3, -0.25) is 9.59 Å². The smallest absolute Gasteiger partial charge is 0.244 e. The Morgan fingerprint density at radius 1 is 1.20 bits per heavy atom. The molecule has 1 aliphatic heterocycles. The monoisotopic (exact) mass is 347 g/mol. The summed E-state index contributed by atoms with van der Waals surface area (Å²) < 4.78 is 2.08. The Labute approximate surface area is 149 Å². The predicted octanol–water partition coefficient (Wildman–Crippen LogP) is 1.87. The molecule has 1 aromatic heterocycles. The van der Waals surface area contributed by atoms with E-state index in [1.165, 1.54) is 0 Å². The molecule has 2 aliphatic rings. The molecule has 25 heavy (non-hydrogen) atoms. The van der Waals surface area contributed by atoms with Gasteiger partial charge in [0.25, 0.3) is 0 Å². The van der Waals surface area contributed by atoms with Gasteiger partial charge < -0.3 is 14.8 Å². The van der Waals surface area contributed by atoms with Crippen LogP contribution < -0.4 is 5.32 Å². The van der Waals surface area contributed by atoms with E-state index in [0.717, 1.165) is 44.5 Å². The molecule has 1 aliphatic carbocycles. The van der Waals surface area contributed by atoms with Crippen LogP contribution in [0.5, 0.6) is 0 Å². The maximum atomic E-state index is 12.8. The molecule has 3 rings (SSSR count). The van der Waals surface area contributed by atoms with E-state index in [1.54, 1.807) is 13.3 Å². The zero-order chi connectivity index (χ0) is 18.0. The second-order valence-electron chi connectivity index (χ2n) is 7.67. The quantitative estimate of drug-likeness (QED) is 0.882. The third-order valence-corrected chi connectivity index (χ3v) is 5.46. The van der Waals surface area contributed by atoms with E-state index in [4.69, 9.17) is 0 Å². The molecular weight excluding hydrogens is 318 g/mol. The molecular formula is C18H29N5O2. The summed E-state index contributed by atoms with van der Waals surface area (Å²) in [6, 6.07) is -0.161. The summed E-state index contributed by atoms with van der Waals surface area (Å²) in [5, 5.41) is 11.2. The Balaban J connectivity index is 1.61. The van der Waals surface area contributed by atoms with Crippen LogP contribution >= 0.6 is 0 Å². The van der Waals surface area contributed by atoms with Crippen molar-refractivity contribution in [3.05, 3.63) is 12.2 Å². The van der Waals surface area contributed by atoms with Crippen molar-refractivity contribution in [2.75, 3.05) is 13.1 Å². The lowest BCUT2D eigenvalue weighted by Crippen LogP contribution is -2.51. The SMILES string of the molecule is CC(NC(=O)C1CCC1)C(=O)N1CCCC(c2nncn2C(C)C)C1. The highest BCUT2D eigenvalue weighted by Crippen LogP contribution is 2.28. The highest BCUT2D eigenvalue weighted by atomic mass is 16.2. The summed E-state index contributed by atoms with van der Waals surface area (Å²) in [5.41, 5.74) is 0. The maximum absolute atomic E-state index is 12.8. The highest BCUT2D eigenvalue weighted by molar-refractivity contribution is 5.88. The summed E-state index contributed by atoms with van der Waals surface area (Å²) >= 11 is 0. The van der Waals surface area contributed by atoms with E-state index >= 15 is 0 Å². The van der Waals surface area contributed by atoms with E-state index in [0.29, 0.717) is 12.6 Å². The molecule has 1 N–H and O–H groups in total. The van der Waals surface area contributed by atoms with Crippen LogP contribution in [0.4, 0.5) is 0 Å². The van der Waals surface area contributed by atoms with Crippen molar-refractivity contribution < 1.29 is 9.59 Å². The van der Waals surface area contributed by atoms with Gasteiger partial charge in [-0.2, -0.15) is 0 Å². The molecule has 2 fully saturated rings. The third kappa shape index (κ3) is 3.85. The fourth-order valence-corrected chi connectivity index (χ4v) is 3.67. The third-order valence-electron chi connectivity index (χ3n) is 5.46. The van der Waals surface area contributed by atoms with Gasteiger partial charge in [-0.05, 0) is 46.5 Å². The van der Waals surface area contributed by atoms with Gasteiger partial charge in [0.05, 0.1) is 0 Å². The van der Waals surface area contributed by atoms with Crippen molar-refractivity contribution in [3.63, 3.8) is 0 Å². The largest absolute Gasteiger partial charge is 0.344 e. The molecule has 0 radical (unpaired) electrons. The Morgan fingerprint density at radius 3 is 2.60 bits per heavy atom. The number of piperidine rings is 1. The lowest BCUT2D eigenvalue weighted by Gasteiger charge is -2.35. The average Bonchev–Trinajstić information content (AvgIpc) is 3.02. The van der Waals surface area contributed by atoms with Crippen LogP contribution in [0.2, 0.25) is 0 Å². The molecule has 1 saturated carbocycles. The van der Waals surface area contributed by atoms with Gasteiger partial charge in [-0.1, -0.05) is 6.42 Å². The first-order valence-electron chi connectivity index (χ1n) is 9.46. The topological polar surface area (TPSA) is 80.1 Å². The molecule has 1 aromatic rings. The molecule has 2 amide bonds. The number of carbonyl (C=O) groups excluding carboxylic acids is 2. The first-order chi connectivity index (χ1) is 12.0. The van der Waals surface area contributed by atoms with Crippen molar-refractivity contribution in [2.24, 2.45) is 5.92 Å². The maximum Gasteiger partial charge on any atom is 0.244 e. The molecule has 2 atom stereocenters. The molecule has 2 unspecified atom stereocenters. The minimum Gasteiger partial charge on any atom is -0.344 e. The fourth-order valence-electron chi connectivity index (χ4n) is 3.67. The van der Waals surface area contributed by atoms with Crippen molar-refractivity contribution in [2.45, 2.75) is 70.9 Å². The summed E-state index contributed by atoms with van der Waals surface area (Å²) in [5.74, 6) is 1.30. The van der Waals surface area contributed by atoms with Crippen molar-refractivity contribution >= 4 is 11.8 Å². The van der Waals surface area contributed by atoms with Gasteiger partial charge >= 0.3 is 0 Å². The number of amides is 2. The Kier molecular flexibility index (Phi) is 5.39. The molecule has 0 spiro atoms. The summed E-state index contributed by atoms with van der Waals surface area (Å²) in [6.07, 6.45) is 6.74. The Bertz CT molecular complexity index is 623. The molecule has 1 saturated heterocycles. The van der Waals surface area contributed by atoms with Crippen LogP contribution in [0, 0.1) is 5.92 Å². The number of hydrogen-bond donors (Lipinski definition) is 1. The predicted molar refractivity (Wildman–Crippen MR) is 93.9 cm³/mol. The summed E-state index contributed by atoms with van der Waals surface area (Å²) in [6.45, 7) is 7.40. The van der Waals surface area contributed by atoms with Gasteiger partial charge in [-0.15, -0.1) is 10.2 Å². The normalized spacial score (nSPS) is 22.6. The second kappa shape index (κ2) is 7.54. The van der Waals surface area contributed by atoms with E-state index in [-0.39, 0.29) is 23.7 Å². The van der Waals surface area contributed by atoms with E-state index < -0.39 is 6.04 Å². The fraction of sp³-hybridized carbons (Fsp3) is 0.778. The molecule has 2 heterocycles. The number of nitrogens with one attached hydrogen (secondary N) is 1. The first-order valence-corrected chi connectivity index (χ1v) is 9.46. The highest BCUT2D eigenvalue weighted by Gasteiger charge is 2.32.